The SMILES string of the molecule is NC(Cc1ccccc1)c1ccncc1F. The topological polar surface area (TPSA) is 38.9 Å². The Morgan fingerprint density at radius 1 is 1.19 bits per heavy atom. The van der Waals surface area contributed by atoms with E-state index in [1.807, 2.05) is 30.3 Å². The molecule has 1 aromatic carbocycles. The predicted octanol–water partition coefficient (Wildman–Crippen LogP) is 2.46. The highest BCUT2D eigenvalue weighted by Crippen LogP contribution is 2.17. The van der Waals surface area contributed by atoms with Crippen LogP contribution in [-0.2, 0) is 6.42 Å². The van der Waals surface area contributed by atoms with Gasteiger partial charge in [-0.3, -0.25) is 4.98 Å². The fraction of sp³-hybridized carbons (Fsp3) is 0.154. The number of nitrogens with two attached hydrogens (primary N) is 1. The minimum Gasteiger partial charge on any atom is -0.324 e. The number of pyridine rings is 1. The van der Waals surface area contributed by atoms with Crippen LogP contribution in [0.15, 0.2) is 48.8 Å². The minimum atomic E-state index is -0.342. The van der Waals surface area contributed by atoms with E-state index in [0.717, 1.165) is 5.56 Å². The molecule has 1 atom stereocenters. The average Bonchev–Trinajstić information content (AvgIpc) is 2.31. The number of hydrogen-bond donors (Lipinski definition) is 1. The van der Waals surface area contributed by atoms with Crippen LogP contribution in [0.1, 0.15) is 17.2 Å². The van der Waals surface area contributed by atoms with E-state index < -0.39 is 0 Å². The molecular weight excluding hydrogens is 203 g/mol. The first-order chi connectivity index (χ1) is 7.77. The molecule has 2 N–H and O–H groups in total. The maximum Gasteiger partial charge on any atom is 0.146 e. The maximum absolute atomic E-state index is 13.4. The zero-order valence-electron chi connectivity index (χ0n) is 8.81. The summed E-state index contributed by atoms with van der Waals surface area (Å²) in [5.74, 6) is -0.342. The summed E-state index contributed by atoms with van der Waals surface area (Å²) in [6.07, 6.45) is 3.38. The molecule has 1 aromatic heterocycles. The number of rotatable bonds is 3. The first-order valence-corrected chi connectivity index (χ1v) is 5.16. The van der Waals surface area contributed by atoms with E-state index in [1.54, 1.807) is 12.3 Å². The number of aromatic nitrogens is 1. The summed E-state index contributed by atoms with van der Waals surface area (Å²) in [6, 6.07) is 11.1. The predicted molar refractivity (Wildman–Crippen MR) is 61.3 cm³/mol. The molecule has 16 heavy (non-hydrogen) atoms. The molecule has 0 aliphatic heterocycles. The molecular formula is C13H13FN2. The molecule has 0 aliphatic carbocycles. The lowest BCUT2D eigenvalue weighted by molar-refractivity contribution is 0.574. The van der Waals surface area contributed by atoms with Gasteiger partial charge in [0, 0.05) is 17.8 Å². The Bertz CT molecular complexity index is 456. The molecule has 0 bridgehead atoms. The van der Waals surface area contributed by atoms with Crippen molar-refractivity contribution in [3.63, 3.8) is 0 Å². The van der Waals surface area contributed by atoms with Crippen molar-refractivity contribution in [2.45, 2.75) is 12.5 Å². The van der Waals surface area contributed by atoms with Crippen LogP contribution in [0.25, 0.3) is 0 Å². The summed E-state index contributed by atoms with van der Waals surface area (Å²) in [7, 11) is 0. The molecule has 1 unspecified atom stereocenters. The molecule has 3 heteroatoms. The van der Waals surface area contributed by atoms with Crippen molar-refractivity contribution < 1.29 is 4.39 Å². The Morgan fingerprint density at radius 3 is 2.62 bits per heavy atom. The minimum absolute atomic E-state index is 0.328. The zero-order valence-corrected chi connectivity index (χ0v) is 8.81. The van der Waals surface area contributed by atoms with Crippen molar-refractivity contribution in [3.05, 3.63) is 65.7 Å². The molecule has 0 fully saturated rings. The van der Waals surface area contributed by atoms with Crippen molar-refractivity contribution in [2.75, 3.05) is 0 Å². The first kappa shape index (κ1) is 10.8. The van der Waals surface area contributed by atoms with Gasteiger partial charge in [0.2, 0.25) is 0 Å². The second-order valence-corrected chi connectivity index (χ2v) is 3.69. The lowest BCUT2D eigenvalue weighted by Gasteiger charge is -2.12. The fourth-order valence-electron chi connectivity index (χ4n) is 1.66. The van der Waals surface area contributed by atoms with Gasteiger partial charge < -0.3 is 5.73 Å². The Labute approximate surface area is 93.9 Å². The summed E-state index contributed by atoms with van der Waals surface area (Å²) in [5.41, 5.74) is 7.58. The quantitative estimate of drug-likeness (QED) is 0.856. The van der Waals surface area contributed by atoms with Crippen LogP contribution >= 0.6 is 0 Å². The number of halogens is 1. The van der Waals surface area contributed by atoms with Gasteiger partial charge in [0.1, 0.15) is 5.82 Å². The van der Waals surface area contributed by atoms with E-state index in [0.29, 0.717) is 12.0 Å². The first-order valence-electron chi connectivity index (χ1n) is 5.16. The van der Waals surface area contributed by atoms with E-state index in [9.17, 15) is 4.39 Å². The third kappa shape index (κ3) is 2.44. The lowest BCUT2D eigenvalue weighted by atomic mass is 10.0. The van der Waals surface area contributed by atoms with E-state index in [1.165, 1.54) is 6.20 Å². The monoisotopic (exact) mass is 216 g/mol. The van der Waals surface area contributed by atoms with Crippen LogP contribution in [0.2, 0.25) is 0 Å². The molecule has 2 aromatic rings. The molecule has 82 valence electrons. The van der Waals surface area contributed by atoms with Crippen LogP contribution < -0.4 is 5.73 Å². The fourth-order valence-corrected chi connectivity index (χ4v) is 1.66. The molecule has 1 heterocycles. The molecule has 0 radical (unpaired) electrons. The van der Waals surface area contributed by atoms with Crippen molar-refractivity contribution in [1.29, 1.82) is 0 Å². The molecule has 0 saturated heterocycles. The summed E-state index contributed by atoms with van der Waals surface area (Å²) >= 11 is 0. The van der Waals surface area contributed by atoms with Crippen molar-refractivity contribution in [2.24, 2.45) is 5.73 Å². The number of nitrogens with zero attached hydrogens (tertiary/aromatic N) is 1. The highest BCUT2D eigenvalue weighted by molar-refractivity contribution is 5.22. The average molecular weight is 216 g/mol. The van der Waals surface area contributed by atoms with Gasteiger partial charge in [0.25, 0.3) is 0 Å². The van der Waals surface area contributed by atoms with E-state index in [2.05, 4.69) is 4.98 Å². The van der Waals surface area contributed by atoms with Gasteiger partial charge in [-0.2, -0.15) is 0 Å². The maximum atomic E-state index is 13.4. The molecule has 2 rings (SSSR count). The smallest absolute Gasteiger partial charge is 0.146 e. The van der Waals surface area contributed by atoms with E-state index >= 15 is 0 Å². The van der Waals surface area contributed by atoms with Crippen LogP contribution in [0.3, 0.4) is 0 Å². The third-order valence-corrected chi connectivity index (χ3v) is 2.50. The standard InChI is InChI=1S/C13H13FN2/c14-12-9-16-7-6-11(12)13(15)8-10-4-2-1-3-5-10/h1-7,9,13H,8,15H2. The van der Waals surface area contributed by atoms with Crippen molar-refractivity contribution in [1.82, 2.24) is 4.98 Å². The summed E-state index contributed by atoms with van der Waals surface area (Å²) in [5, 5.41) is 0. The lowest BCUT2D eigenvalue weighted by Crippen LogP contribution is -2.15. The van der Waals surface area contributed by atoms with Gasteiger partial charge in [0.05, 0.1) is 6.20 Å². The largest absolute Gasteiger partial charge is 0.324 e. The third-order valence-electron chi connectivity index (χ3n) is 2.50. The van der Waals surface area contributed by atoms with Gasteiger partial charge in [0.15, 0.2) is 0 Å². The van der Waals surface area contributed by atoms with Gasteiger partial charge in [-0.1, -0.05) is 30.3 Å². The van der Waals surface area contributed by atoms with E-state index in [-0.39, 0.29) is 11.9 Å². The summed E-state index contributed by atoms with van der Waals surface area (Å²) < 4.78 is 13.4. The Balaban J connectivity index is 2.15. The molecule has 0 aliphatic rings. The molecule has 0 spiro atoms. The number of benzene rings is 1. The van der Waals surface area contributed by atoms with Gasteiger partial charge in [-0.05, 0) is 18.1 Å². The number of hydrogen-bond acceptors (Lipinski definition) is 2. The van der Waals surface area contributed by atoms with Crippen LogP contribution in [0, 0.1) is 5.82 Å². The van der Waals surface area contributed by atoms with Crippen molar-refractivity contribution >= 4 is 0 Å². The highest BCUT2D eigenvalue weighted by atomic mass is 19.1. The second kappa shape index (κ2) is 4.86. The Kier molecular flexibility index (Phi) is 3.27. The highest BCUT2D eigenvalue weighted by Gasteiger charge is 2.11. The van der Waals surface area contributed by atoms with Crippen LogP contribution in [0.4, 0.5) is 4.39 Å². The van der Waals surface area contributed by atoms with Crippen molar-refractivity contribution in [3.8, 4) is 0 Å². The Hall–Kier alpha value is -1.74. The summed E-state index contributed by atoms with van der Waals surface area (Å²) in [4.78, 5) is 3.70. The molecule has 0 amide bonds. The zero-order chi connectivity index (χ0) is 11.4. The van der Waals surface area contributed by atoms with Gasteiger partial charge >= 0.3 is 0 Å². The van der Waals surface area contributed by atoms with Gasteiger partial charge in [-0.15, -0.1) is 0 Å². The molecule has 2 nitrogen and oxygen atoms in total. The summed E-state index contributed by atoms with van der Waals surface area (Å²) in [6.45, 7) is 0. The second-order valence-electron chi connectivity index (χ2n) is 3.69. The van der Waals surface area contributed by atoms with Crippen LogP contribution in [-0.4, -0.2) is 4.98 Å². The Morgan fingerprint density at radius 2 is 1.94 bits per heavy atom. The molecule has 0 saturated carbocycles. The van der Waals surface area contributed by atoms with Crippen LogP contribution in [0.5, 0.6) is 0 Å². The van der Waals surface area contributed by atoms with E-state index in [4.69, 9.17) is 5.73 Å². The van der Waals surface area contributed by atoms with Gasteiger partial charge in [-0.25, -0.2) is 4.39 Å². The normalized spacial score (nSPS) is 12.4.